The molecule has 2 rings (SSSR count). The molecular weight excluding hydrogens is 331 g/mol. The molecule has 1 heterocycles. The number of benzene rings is 1. The van der Waals surface area contributed by atoms with E-state index in [1.807, 2.05) is 0 Å². The predicted octanol–water partition coefficient (Wildman–Crippen LogP) is 3.78. The van der Waals surface area contributed by atoms with Crippen molar-refractivity contribution in [1.82, 2.24) is 10.2 Å². The number of halogens is 2. The molecule has 0 saturated carbocycles. The van der Waals surface area contributed by atoms with Gasteiger partial charge in [-0.1, -0.05) is 24.9 Å². The van der Waals surface area contributed by atoms with Crippen LogP contribution in [-0.4, -0.2) is 35.3 Å². The third-order valence-corrected chi connectivity index (χ3v) is 4.92. The lowest BCUT2D eigenvalue weighted by atomic mass is 9.86. The molecule has 1 aliphatic heterocycles. The van der Waals surface area contributed by atoms with Gasteiger partial charge in [0.15, 0.2) is 0 Å². The summed E-state index contributed by atoms with van der Waals surface area (Å²) in [6.07, 6.45) is 4.22. The maximum Gasteiger partial charge on any atom is 0.256 e. The molecule has 1 N–H and O–H groups in total. The first-order valence-corrected chi connectivity index (χ1v) is 8.83. The quantitative estimate of drug-likeness (QED) is 0.818. The normalized spacial score (nSPS) is 20.8. The molecule has 4 nitrogen and oxygen atoms in total. The van der Waals surface area contributed by atoms with Crippen LogP contribution in [0.1, 0.15) is 56.3 Å². The first-order valence-electron chi connectivity index (χ1n) is 8.45. The second-order valence-electron chi connectivity index (χ2n) is 6.42. The topological polar surface area (TPSA) is 49.4 Å². The number of rotatable bonds is 5. The second kappa shape index (κ2) is 7.97. The summed E-state index contributed by atoms with van der Waals surface area (Å²) in [5, 5.41) is 3.00. The van der Waals surface area contributed by atoms with E-state index in [-0.39, 0.29) is 22.4 Å². The smallest absolute Gasteiger partial charge is 0.256 e. The fourth-order valence-corrected chi connectivity index (χ4v) is 3.31. The number of nitrogens with one attached hydrogen (secondary N) is 1. The van der Waals surface area contributed by atoms with E-state index in [9.17, 15) is 14.0 Å². The number of likely N-dealkylation sites (tertiary alicyclic amines) is 1. The lowest BCUT2D eigenvalue weighted by molar-refractivity contribution is -0.133. The van der Waals surface area contributed by atoms with Crippen molar-refractivity contribution in [2.45, 2.75) is 51.5 Å². The van der Waals surface area contributed by atoms with E-state index in [0.29, 0.717) is 19.5 Å². The Kier molecular flexibility index (Phi) is 6.21. The number of unbranched alkanes of at least 4 members (excludes halogenated alkanes) is 1. The van der Waals surface area contributed by atoms with E-state index >= 15 is 0 Å². The molecule has 0 spiro atoms. The van der Waals surface area contributed by atoms with Crippen LogP contribution in [0.5, 0.6) is 0 Å². The van der Waals surface area contributed by atoms with Gasteiger partial charge >= 0.3 is 0 Å². The van der Waals surface area contributed by atoms with Crippen molar-refractivity contribution < 1.29 is 14.0 Å². The van der Waals surface area contributed by atoms with Gasteiger partial charge in [0.1, 0.15) is 11.4 Å². The van der Waals surface area contributed by atoms with Crippen molar-refractivity contribution in [2.24, 2.45) is 0 Å². The molecule has 0 aromatic heterocycles. The number of hydrogen-bond acceptors (Lipinski definition) is 2. The molecule has 1 aromatic rings. The average molecular weight is 355 g/mol. The molecule has 1 saturated heterocycles. The SMILES string of the molecule is CCCCNC(=O)C1(C)CCCCN1C(=O)c1ccc(F)cc1Cl. The van der Waals surface area contributed by atoms with E-state index in [0.717, 1.165) is 31.7 Å². The van der Waals surface area contributed by atoms with Crippen LogP contribution in [0.3, 0.4) is 0 Å². The van der Waals surface area contributed by atoms with Crippen LogP contribution in [-0.2, 0) is 4.79 Å². The summed E-state index contributed by atoms with van der Waals surface area (Å²) in [4.78, 5) is 27.2. The highest BCUT2D eigenvalue weighted by Gasteiger charge is 2.44. The lowest BCUT2D eigenvalue weighted by Gasteiger charge is -2.43. The Balaban J connectivity index is 2.24. The van der Waals surface area contributed by atoms with Gasteiger partial charge in [-0.05, 0) is 50.8 Å². The molecule has 6 heteroatoms. The molecule has 132 valence electrons. The maximum atomic E-state index is 13.2. The van der Waals surface area contributed by atoms with E-state index in [2.05, 4.69) is 12.2 Å². The third-order valence-electron chi connectivity index (χ3n) is 4.60. The van der Waals surface area contributed by atoms with E-state index in [1.54, 1.807) is 11.8 Å². The van der Waals surface area contributed by atoms with Crippen molar-refractivity contribution in [3.8, 4) is 0 Å². The highest BCUT2D eigenvalue weighted by atomic mass is 35.5. The summed E-state index contributed by atoms with van der Waals surface area (Å²) in [6.45, 7) is 4.94. The fourth-order valence-electron chi connectivity index (χ4n) is 3.06. The van der Waals surface area contributed by atoms with Gasteiger partial charge in [0.05, 0.1) is 10.6 Å². The van der Waals surface area contributed by atoms with Crippen molar-refractivity contribution in [3.05, 3.63) is 34.6 Å². The number of carbonyl (C=O) groups is 2. The van der Waals surface area contributed by atoms with Crippen LogP contribution in [0.15, 0.2) is 18.2 Å². The molecule has 0 radical (unpaired) electrons. The largest absolute Gasteiger partial charge is 0.354 e. The van der Waals surface area contributed by atoms with Crippen LogP contribution in [0, 0.1) is 5.82 Å². The van der Waals surface area contributed by atoms with Crippen LogP contribution < -0.4 is 5.32 Å². The number of piperidine rings is 1. The minimum absolute atomic E-state index is 0.0688. The zero-order valence-electron chi connectivity index (χ0n) is 14.2. The lowest BCUT2D eigenvalue weighted by Crippen LogP contribution is -2.61. The summed E-state index contributed by atoms with van der Waals surface area (Å²) >= 11 is 6.03. The van der Waals surface area contributed by atoms with Crippen molar-refractivity contribution in [1.29, 1.82) is 0 Å². The van der Waals surface area contributed by atoms with Gasteiger partial charge in [-0.2, -0.15) is 0 Å². The molecule has 1 fully saturated rings. The Morgan fingerprint density at radius 3 is 2.79 bits per heavy atom. The number of amides is 2. The van der Waals surface area contributed by atoms with Gasteiger partial charge in [-0.3, -0.25) is 9.59 Å². The highest BCUT2D eigenvalue weighted by Crippen LogP contribution is 2.31. The molecule has 1 unspecified atom stereocenters. The average Bonchev–Trinajstić information content (AvgIpc) is 2.55. The van der Waals surface area contributed by atoms with Gasteiger partial charge in [0, 0.05) is 13.1 Å². The van der Waals surface area contributed by atoms with Gasteiger partial charge < -0.3 is 10.2 Å². The predicted molar refractivity (Wildman–Crippen MR) is 92.6 cm³/mol. The summed E-state index contributed by atoms with van der Waals surface area (Å²) in [6, 6.07) is 3.71. The Morgan fingerprint density at radius 2 is 2.12 bits per heavy atom. The number of hydrogen-bond donors (Lipinski definition) is 1. The van der Waals surface area contributed by atoms with Crippen LogP contribution in [0.4, 0.5) is 4.39 Å². The monoisotopic (exact) mass is 354 g/mol. The molecule has 24 heavy (non-hydrogen) atoms. The standard InChI is InChI=1S/C18H24ClFN2O2/c1-3-4-10-21-17(24)18(2)9-5-6-11-22(18)16(23)14-8-7-13(20)12-15(14)19/h7-8,12H,3-6,9-11H2,1-2H3,(H,21,24). The number of carbonyl (C=O) groups excluding carboxylic acids is 2. The summed E-state index contributed by atoms with van der Waals surface area (Å²) in [5.41, 5.74) is -0.673. The molecule has 2 amide bonds. The van der Waals surface area contributed by atoms with Gasteiger partial charge in [0.25, 0.3) is 5.91 Å². The van der Waals surface area contributed by atoms with Crippen LogP contribution >= 0.6 is 11.6 Å². The molecule has 1 atom stereocenters. The van der Waals surface area contributed by atoms with Crippen LogP contribution in [0.25, 0.3) is 0 Å². The Labute approximate surface area is 147 Å². The van der Waals surface area contributed by atoms with Gasteiger partial charge in [-0.25, -0.2) is 4.39 Å². The van der Waals surface area contributed by atoms with Crippen molar-refractivity contribution in [2.75, 3.05) is 13.1 Å². The first-order chi connectivity index (χ1) is 11.4. The van der Waals surface area contributed by atoms with Gasteiger partial charge in [-0.15, -0.1) is 0 Å². The highest BCUT2D eigenvalue weighted by molar-refractivity contribution is 6.33. The Bertz CT molecular complexity index is 623. The first kappa shape index (κ1) is 18.7. The zero-order chi connectivity index (χ0) is 17.7. The van der Waals surface area contributed by atoms with Crippen molar-refractivity contribution in [3.63, 3.8) is 0 Å². The third kappa shape index (κ3) is 3.89. The van der Waals surface area contributed by atoms with Crippen molar-refractivity contribution >= 4 is 23.4 Å². The molecule has 0 bridgehead atoms. The minimum atomic E-state index is -0.902. The maximum absolute atomic E-state index is 13.2. The summed E-state index contributed by atoms with van der Waals surface area (Å²) in [7, 11) is 0. The Hall–Kier alpha value is -1.62. The van der Waals surface area contributed by atoms with E-state index in [4.69, 9.17) is 11.6 Å². The molecule has 1 aliphatic rings. The summed E-state index contributed by atoms with van der Waals surface area (Å²) < 4.78 is 13.2. The van der Waals surface area contributed by atoms with E-state index < -0.39 is 11.4 Å². The minimum Gasteiger partial charge on any atom is -0.354 e. The molecule has 0 aliphatic carbocycles. The second-order valence-corrected chi connectivity index (χ2v) is 6.83. The van der Waals surface area contributed by atoms with Crippen LogP contribution in [0.2, 0.25) is 5.02 Å². The summed E-state index contributed by atoms with van der Waals surface area (Å²) in [5.74, 6) is -0.953. The molecular formula is C18H24ClFN2O2. The van der Waals surface area contributed by atoms with E-state index in [1.165, 1.54) is 12.1 Å². The zero-order valence-corrected chi connectivity index (χ0v) is 15.0. The Morgan fingerprint density at radius 1 is 1.38 bits per heavy atom. The number of nitrogens with zero attached hydrogens (tertiary/aromatic N) is 1. The molecule has 1 aromatic carbocycles. The van der Waals surface area contributed by atoms with Gasteiger partial charge in [0.2, 0.25) is 5.91 Å². The fraction of sp³-hybridized carbons (Fsp3) is 0.556.